The number of hydrogen-bond donors (Lipinski definition) is 2. The zero-order valence-corrected chi connectivity index (χ0v) is 19.0. The van der Waals surface area contributed by atoms with E-state index in [0.29, 0.717) is 44.0 Å². The summed E-state index contributed by atoms with van der Waals surface area (Å²) >= 11 is 0. The topological polar surface area (TPSA) is 77.0 Å². The molecule has 160 valence electrons. The molecule has 1 heterocycles. The molecule has 0 aliphatic rings. The van der Waals surface area contributed by atoms with E-state index in [4.69, 9.17) is 14.2 Å². The van der Waals surface area contributed by atoms with Crippen LogP contribution in [0.4, 0.5) is 4.39 Å². The van der Waals surface area contributed by atoms with Crippen molar-refractivity contribution in [3.05, 3.63) is 54.0 Å². The second kappa shape index (κ2) is 14.9. The lowest BCUT2D eigenvalue weighted by Gasteiger charge is -2.12. The van der Waals surface area contributed by atoms with Crippen molar-refractivity contribution in [2.75, 3.05) is 40.5 Å². The highest BCUT2D eigenvalue weighted by atomic mass is 127. The molecule has 1 aromatic heterocycles. The van der Waals surface area contributed by atoms with Crippen molar-refractivity contribution in [3.8, 4) is 11.6 Å². The first-order valence-electron chi connectivity index (χ1n) is 9.11. The van der Waals surface area contributed by atoms with Gasteiger partial charge in [-0.1, -0.05) is 6.07 Å². The third kappa shape index (κ3) is 10.4. The molecule has 0 aliphatic heterocycles. The first-order chi connectivity index (χ1) is 13.7. The number of aliphatic imine (C=N–C) groups is 1. The number of methoxy groups -OCH3 is 1. The van der Waals surface area contributed by atoms with Gasteiger partial charge >= 0.3 is 0 Å². The van der Waals surface area contributed by atoms with Crippen LogP contribution < -0.4 is 15.4 Å². The van der Waals surface area contributed by atoms with Gasteiger partial charge in [-0.2, -0.15) is 0 Å². The summed E-state index contributed by atoms with van der Waals surface area (Å²) in [6.45, 7) is 3.23. The number of nitrogens with zero attached hydrogens (tertiary/aromatic N) is 2. The van der Waals surface area contributed by atoms with Gasteiger partial charge in [0.05, 0.1) is 13.2 Å². The maximum Gasteiger partial charge on any atom is 0.219 e. The van der Waals surface area contributed by atoms with Gasteiger partial charge in [0.1, 0.15) is 11.6 Å². The van der Waals surface area contributed by atoms with Gasteiger partial charge in [0.25, 0.3) is 0 Å². The highest BCUT2D eigenvalue weighted by Gasteiger charge is 2.02. The summed E-state index contributed by atoms with van der Waals surface area (Å²) in [5.74, 6) is 1.40. The lowest BCUT2D eigenvalue weighted by molar-refractivity contribution is 0.0698. The summed E-state index contributed by atoms with van der Waals surface area (Å²) in [4.78, 5) is 8.46. The average Bonchev–Trinajstić information content (AvgIpc) is 2.72. The molecule has 0 aliphatic carbocycles. The number of hydrogen-bond acceptors (Lipinski definition) is 5. The minimum Gasteiger partial charge on any atom is -0.439 e. The van der Waals surface area contributed by atoms with Gasteiger partial charge in [-0.25, -0.2) is 9.37 Å². The van der Waals surface area contributed by atoms with Crippen LogP contribution in [0.3, 0.4) is 0 Å². The van der Waals surface area contributed by atoms with Crippen molar-refractivity contribution in [1.29, 1.82) is 0 Å². The number of ether oxygens (including phenoxy) is 3. The molecule has 0 saturated heterocycles. The quantitative estimate of drug-likeness (QED) is 0.206. The highest BCUT2D eigenvalue weighted by Crippen LogP contribution is 2.19. The normalized spacial score (nSPS) is 10.9. The Balaban J connectivity index is 0.00000420. The van der Waals surface area contributed by atoms with Crippen LogP contribution in [-0.4, -0.2) is 51.5 Å². The van der Waals surface area contributed by atoms with E-state index < -0.39 is 0 Å². The lowest BCUT2D eigenvalue weighted by atomic mass is 10.3. The van der Waals surface area contributed by atoms with E-state index in [2.05, 4.69) is 20.6 Å². The van der Waals surface area contributed by atoms with E-state index in [0.717, 1.165) is 18.5 Å². The van der Waals surface area contributed by atoms with E-state index in [1.165, 1.54) is 12.1 Å². The van der Waals surface area contributed by atoms with Gasteiger partial charge < -0.3 is 24.8 Å². The molecule has 29 heavy (non-hydrogen) atoms. The predicted octanol–water partition coefficient (Wildman–Crippen LogP) is 3.35. The number of aromatic nitrogens is 1. The molecule has 7 nitrogen and oxygen atoms in total. The molecule has 0 bridgehead atoms. The van der Waals surface area contributed by atoms with Gasteiger partial charge in [0.2, 0.25) is 5.88 Å². The minimum atomic E-state index is -0.303. The molecule has 2 N–H and O–H groups in total. The van der Waals surface area contributed by atoms with Crippen molar-refractivity contribution >= 4 is 29.9 Å². The van der Waals surface area contributed by atoms with Crippen LogP contribution in [0, 0.1) is 5.82 Å². The Hall–Kier alpha value is -1.98. The Labute approximate surface area is 188 Å². The number of rotatable bonds is 11. The van der Waals surface area contributed by atoms with Crippen molar-refractivity contribution in [2.24, 2.45) is 4.99 Å². The fourth-order valence-corrected chi connectivity index (χ4v) is 2.23. The zero-order chi connectivity index (χ0) is 20.0. The molecule has 2 rings (SSSR count). The van der Waals surface area contributed by atoms with Gasteiger partial charge in [-0.3, -0.25) is 4.99 Å². The second-order valence-corrected chi connectivity index (χ2v) is 5.87. The summed E-state index contributed by atoms with van der Waals surface area (Å²) < 4.78 is 28.8. The molecule has 0 spiro atoms. The fourth-order valence-electron chi connectivity index (χ4n) is 2.23. The molecule has 0 unspecified atom stereocenters. The van der Waals surface area contributed by atoms with E-state index in [-0.39, 0.29) is 29.8 Å². The summed E-state index contributed by atoms with van der Waals surface area (Å²) in [7, 11) is 3.38. The third-order valence-corrected chi connectivity index (χ3v) is 3.71. The number of guanidine groups is 1. The van der Waals surface area contributed by atoms with Crippen LogP contribution in [0.5, 0.6) is 11.6 Å². The average molecular weight is 518 g/mol. The fraction of sp³-hybridized carbons (Fsp3) is 0.400. The lowest BCUT2D eigenvalue weighted by Crippen LogP contribution is -2.37. The number of pyridine rings is 1. The summed E-state index contributed by atoms with van der Waals surface area (Å²) in [5.41, 5.74) is 0.984. The van der Waals surface area contributed by atoms with Crippen LogP contribution in [0.2, 0.25) is 0 Å². The van der Waals surface area contributed by atoms with Crippen molar-refractivity contribution in [2.45, 2.75) is 13.0 Å². The molecule has 0 saturated carbocycles. The summed E-state index contributed by atoms with van der Waals surface area (Å²) in [5, 5.41) is 6.46. The molecule has 0 amide bonds. The maximum atomic E-state index is 12.9. The van der Waals surface area contributed by atoms with Crippen LogP contribution in [0.15, 0.2) is 47.6 Å². The minimum absolute atomic E-state index is 0. The highest BCUT2D eigenvalue weighted by molar-refractivity contribution is 14.0. The zero-order valence-electron chi connectivity index (χ0n) is 16.7. The molecule has 2 aromatic rings. The standard InChI is InChI=1S/C20H27FN4O3.HI/c1-22-20(23-10-3-11-27-13-12-26-2)25-15-16-4-9-19(24-14-16)28-18-7-5-17(21)6-8-18;/h4-9,14H,3,10-13,15H2,1-2H3,(H2,22,23,25);1H. The first-order valence-corrected chi connectivity index (χ1v) is 9.11. The Morgan fingerprint density at radius 3 is 2.52 bits per heavy atom. The first kappa shape index (κ1) is 25.1. The summed E-state index contributed by atoms with van der Waals surface area (Å²) in [6, 6.07) is 9.50. The van der Waals surface area contributed by atoms with Gasteiger partial charge in [-0.15, -0.1) is 24.0 Å². The number of halogens is 2. The smallest absolute Gasteiger partial charge is 0.219 e. The summed E-state index contributed by atoms with van der Waals surface area (Å²) in [6.07, 6.45) is 2.60. The molecular formula is C20H28FIN4O3. The monoisotopic (exact) mass is 518 g/mol. The Bertz CT molecular complexity index is 715. The molecule has 0 radical (unpaired) electrons. The van der Waals surface area contributed by atoms with Crippen molar-refractivity contribution in [3.63, 3.8) is 0 Å². The second-order valence-electron chi connectivity index (χ2n) is 5.87. The van der Waals surface area contributed by atoms with Gasteiger partial charge in [0, 0.05) is 46.1 Å². The van der Waals surface area contributed by atoms with Crippen molar-refractivity contribution < 1.29 is 18.6 Å². The van der Waals surface area contributed by atoms with E-state index in [9.17, 15) is 4.39 Å². The van der Waals surface area contributed by atoms with Crippen LogP contribution in [-0.2, 0) is 16.0 Å². The molecule has 0 atom stereocenters. The molecule has 9 heteroatoms. The molecular weight excluding hydrogens is 490 g/mol. The van der Waals surface area contributed by atoms with E-state index >= 15 is 0 Å². The third-order valence-electron chi connectivity index (χ3n) is 3.71. The molecule has 0 fully saturated rings. The van der Waals surface area contributed by atoms with Gasteiger partial charge in [0.15, 0.2) is 5.96 Å². The van der Waals surface area contributed by atoms with Gasteiger partial charge in [-0.05, 0) is 36.2 Å². The van der Waals surface area contributed by atoms with Crippen LogP contribution in [0.1, 0.15) is 12.0 Å². The van der Waals surface area contributed by atoms with Crippen LogP contribution >= 0.6 is 24.0 Å². The van der Waals surface area contributed by atoms with E-state index in [1.54, 1.807) is 38.6 Å². The van der Waals surface area contributed by atoms with E-state index in [1.807, 2.05) is 6.07 Å². The number of nitrogens with one attached hydrogen (secondary N) is 2. The number of benzene rings is 1. The van der Waals surface area contributed by atoms with Crippen molar-refractivity contribution in [1.82, 2.24) is 15.6 Å². The Morgan fingerprint density at radius 2 is 1.86 bits per heavy atom. The Morgan fingerprint density at radius 1 is 1.07 bits per heavy atom. The molecule has 1 aromatic carbocycles. The largest absolute Gasteiger partial charge is 0.439 e. The predicted molar refractivity (Wildman–Crippen MR) is 122 cm³/mol. The SMILES string of the molecule is CN=C(NCCCOCCOC)NCc1ccc(Oc2ccc(F)cc2)nc1.I. The Kier molecular flexibility index (Phi) is 12.9. The maximum absolute atomic E-state index is 12.9. The van der Waals surface area contributed by atoms with Crippen LogP contribution in [0.25, 0.3) is 0 Å².